The van der Waals surface area contributed by atoms with E-state index in [1.807, 2.05) is 0 Å². The third kappa shape index (κ3) is 5.80. The van der Waals surface area contributed by atoms with E-state index in [9.17, 15) is 22.4 Å². The maximum absolute atomic E-state index is 14.3. The zero-order chi connectivity index (χ0) is 19.3. The van der Waals surface area contributed by atoms with E-state index < -0.39 is 23.9 Å². The Balaban J connectivity index is 2.18. The Morgan fingerprint density at radius 1 is 1.08 bits per heavy atom. The molecule has 2 aromatic carbocycles. The van der Waals surface area contributed by atoms with Crippen LogP contribution in [0.25, 0.3) is 11.1 Å². The fourth-order valence-electron chi connectivity index (χ4n) is 2.13. The van der Waals surface area contributed by atoms with Crippen LogP contribution < -0.4 is 9.47 Å². The first-order chi connectivity index (χ1) is 12.2. The molecule has 0 heterocycles. The Hall–Kier alpha value is -2.48. The molecular formula is C17H13ClF4O4. The van der Waals surface area contributed by atoms with E-state index in [-0.39, 0.29) is 41.3 Å². The molecule has 0 radical (unpaired) electrons. The zero-order valence-electron chi connectivity index (χ0n) is 13.1. The van der Waals surface area contributed by atoms with Gasteiger partial charge in [0.05, 0.1) is 6.61 Å². The normalized spacial score (nSPS) is 11.3. The highest BCUT2D eigenvalue weighted by Gasteiger charge is 2.31. The van der Waals surface area contributed by atoms with Gasteiger partial charge in [-0.1, -0.05) is 11.6 Å². The van der Waals surface area contributed by atoms with Crippen molar-refractivity contribution in [3.05, 3.63) is 47.2 Å². The van der Waals surface area contributed by atoms with Crippen LogP contribution >= 0.6 is 11.6 Å². The SMILES string of the molecule is O=C(O)CCCOc1ccc(-c2cc(OC(F)(F)F)ccc2Cl)c(F)c1. The lowest BCUT2D eigenvalue weighted by molar-refractivity contribution is -0.274. The average Bonchev–Trinajstić information content (AvgIpc) is 2.52. The van der Waals surface area contributed by atoms with E-state index in [1.165, 1.54) is 18.2 Å². The molecule has 26 heavy (non-hydrogen) atoms. The summed E-state index contributed by atoms with van der Waals surface area (Å²) < 4.78 is 60.3. The van der Waals surface area contributed by atoms with Crippen LogP contribution in [0.15, 0.2) is 36.4 Å². The van der Waals surface area contributed by atoms with Crippen LogP contribution in [0.3, 0.4) is 0 Å². The van der Waals surface area contributed by atoms with E-state index in [1.54, 1.807) is 0 Å². The molecule has 0 aliphatic rings. The molecule has 0 amide bonds. The number of carboxylic acids is 1. The van der Waals surface area contributed by atoms with Crippen LogP contribution in [0.1, 0.15) is 12.8 Å². The first-order valence-electron chi connectivity index (χ1n) is 7.35. The van der Waals surface area contributed by atoms with Gasteiger partial charge in [0.1, 0.15) is 17.3 Å². The molecule has 0 atom stereocenters. The number of hydrogen-bond acceptors (Lipinski definition) is 3. The summed E-state index contributed by atoms with van der Waals surface area (Å²) in [4.78, 5) is 10.4. The molecule has 2 rings (SSSR count). The van der Waals surface area contributed by atoms with Crippen LogP contribution in [0.4, 0.5) is 17.6 Å². The number of ether oxygens (including phenoxy) is 2. The first-order valence-corrected chi connectivity index (χ1v) is 7.73. The molecule has 0 aliphatic heterocycles. The molecule has 0 unspecified atom stereocenters. The molecule has 1 N–H and O–H groups in total. The lowest BCUT2D eigenvalue weighted by atomic mass is 10.0. The van der Waals surface area contributed by atoms with Crippen molar-refractivity contribution in [2.24, 2.45) is 0 Å². The number of carboxylic acid groups (broad SMARTS) is 1. The summed E-state index contributed by atoms with van der Waals surface area (Å²) >= 11 is 5.96. The number of carbonyl (C=O) groups is 1. The zero-order valence-corrected chi connectivity index (χ0v) is 13.9. The molecule has 9 heteroatoms. The van der Waals surface area contributed by atoms with Crippen molar-refractivity contribution in [2.75, 3.05) is 6.61 Å². The van der Waals surface area contributed by atoms with Gasteiger partial charge in [-0.15, -0.1) is 13.2 Å². The number of aliphatic carboxylic acids is 1. The summed E-state index contributed by atoms with van der Waals surface area (Å²) in [5, 5.41) is 8.58. The summed E-state index contributed by atoms with van der Waals surface area (Å²) in [6.07, 6.45) is -4.71. The highest BCUT2D eigenvalue weighted by Crippen LogP contribution is 2.35. The van der Waals surface area contributed by atoms with E-state index in [4.69, 9.17) is 21.4 Å². The van der Waals surface area contributed by atoms with Gasteiger partial charge < -0.3 is 14.6 Å². The van der Waals surface area contributed by atoms with E-state index in [0.717, 1.165) is 18.2 Å². The predicted octanol–water partition coefficient (Wildman–Crippen LogP) is 5.29. The third-order valence-electron chi connectivity index (χ3n) is 3.21. The lowest BCUT2D eigenvalue weighted by Gasteiger charge is -2.13. The monoisotopic (exact) mass is 392 g/mol. The topological polar surface area (TPSA) is 55.8 Å². The summed E-state index contributed by atoms with van der Waals surface area (Å²) in [6.45, 7) is 0.0841. The van der Waals surface area contributed by atoms with E-state index in [0.29, 0.717) is 0 Å². The number of hydrogen-bond donors (Lipinski definition) is 1. The Morgan fingerprint density at radius 3 is 2.38 bits per heavy atom. The smallest absolute Gasteiger partial charge is 0.493 e. The van der Waals surface area contributed by atoms with Crippen molar-refractivity contribution in [2.45, 2.75) is 19.2 Å². The number of rotatable bonds is 7. The number of halogens is 5. The lowest BCUT2D eigenvalue weighted by Crippen LogP contribution is -2.17. The minimum Gasteiger partial charge on any atom is -0.493 e. The summed E-state index contributed by atoms with van der Waals surface area (Å²) in [7, 11) is 0. The molecule has 0 aliphatic carbocycles. The Bertz CT molecular complexity index is 793. The van der Waals surface area contributed by atoms with Gasteiger partial charge in [-0.05, 0) is 36.8 Å². The van der Waals surface area contributed by atoms with Crippen molar-refractivity contribution < 1.29 is 36.9 Å². The maximum Gasteiger partial charge on any atom is 0.573 e. The molecule has 0 bridgehead atoms. The number of benzene rings is 2. The molecule has 0 fully saturated rings. The minimum absolute atomic E-state index is 0.0273. The quantitative estimate of drug-likeness (QED) is 0.514. The molecule has 2 aromatic rings. The molecule has 140 valence electrons. The molecule has 0 aromatic heterocycles. The van der Waals surface area contributed by atoms with Gasteiger partial charge in [0.2, 0.25) is 0 Å². The summed E-state index contributed by atoms with van der Waals surface area (Å²) in [5.74, 6) is -2.08. The maximum atomic E-state index is 14.3. The first kappa shape index (κ1) is 19.8. The molecular weight excluding hydrogens is 380 g/mol. The van der Waals surface area contributed by atoms with Crippen LogP contribution in [0.2, 0.25) is 5.02 Å². The molecule has 0 saturated carbocycles. The predicted molar refractivity (Wildman–Crippen MR) is 85.9 cm³/mol. The van der Waals surface area contributed by atoms with Crippen LogP contribution in [-0.4, -0.2) is 24.0 Å². The van der Waals surface area contributed by atoms with Gasteiger partial charge in [0.15, 0.2) is 0 Å². The van der Waals surface area contributed by atoms with Crippen LogP contribution in [0.5, 0.6) is 11.5 Å². The molecule has 0 saturated heterocycles. The summed E-state index contributed by atoms with van der Waals surface area (Å²) in [5.41, 5.74) is 0.00357. The van der Waals surface area contributed by atoms with E-state index in [2.05, 4.69) is 4.74 Å². The summed E-state index contributed by atoms with van der Waals surface area (Å²) in [6, 6.07) is 6.95. The largest absolute Gasteiger partial charge is 0.573 e. The van der Waals surface area contributed by atoms with Crippen LogP contribution in [-0.2, 0) is 4.79 Å². The fourth-order valence-corrected chi connectivity index (χ4v) is 2.34. The van der Waals surface area contributed by atoms with Crippen LogP contribution in [0, 0.1) is 5.82 Å². The third-order valence-corrected chi connectivity index (χ3v) is 3.54. The molecule has 0 spiro atoms. The van der Waals surface area contributed by atoms with Gasteiger partial charge in [0.25, 0.3) is 0 Å². The van der Waals surface area contributed by atoms with E-state index >= 15 is 0 Å². The van der Waals surface area contributed by atoms with Crippen molar-refractivity contribution in [1.29, 1.82) is 0 Å². The second-order valence-corrected chi connectivity index (χ2v) is 5.58. The van der Waals surface area contributed by atoms with Crippen molar-refractivity contribution in [1.82, 2.24) is 0 Å². The van der Waals surface area contributed by atoms with Crippen molar-refractivity contribution in [3.63, 3.8) is 0 Å². The Labute approximate surface area is 150 Å². The van der Waals surface area contributed by atoms with Gasteiger partial charge in [0, 0.05) is 28.6 Å². The van der Waals surface area contributed by atoms with Gasteiger partial charge in [-0.2, -0.15) is 0 Å². The van der Waals surface area contributed by atoms with Gasteiger partial charge in [-0.3, -0.25) is 4.79 Å². The highest BCUT2D eigenvalue weighted by molar-refractivity contribution is 6.33. The highest BCUT2D eigenvalue weighted by atomic mass is 35.5. The second-order valence-electron chi connectivity index (χ2n) is 5.18. The Morgan fingerprint density at radius 2 is 1.77 bits per heavy atom. The minimum atomic E-state index is -4.88. The van der Waals surface area contributed by atoms with Gasteiger partial charge >= 0.3 is 12.3 Å². The van der Waals surface area contributed by atoms with Crippen molar-refractivity contribution in [3.8, 4) is 22.6 Å². The van der Waals surface area contributed by atoms with Gasteiger partial charge in [-0.25, -0.2) is 4.39 Å². The second kappa shape index (κ2) is 8.27. The fraction of sp³-hybridized carbons (Fsp3) is 0.235. The number of alkyl halides is 3. The van der Waals surface area contributed by atoms with Crippen molar-refractivity contribution >= 4 is 17.6 Å². The average molecular weight is 393 g/mol. The standard InChI is InChI=1S/C17H13ClF4O4/c18-14-6-4-11(26-17(20,21)22)8-13(14)12-5-3-10(9-15(12)19)25-7-1-2-16(23)24/h3-6,8-9H,1-2,7H2,(H,23,24). The molecule has 4 nitrogen and oxygen atoms in total. The Kier molecular flexibility index (Phi) is 6.31.